The molecular formula is C22H28BrF2N3O5S. The molecule has 0 aromatic heterocycles. The van der Waals surface area contributed by atoms with Gasteiger partial charge in [0.2, 0.25) is 11.8 Å². The van der Waals surface area contributed by atoms with Gasteiger partial charge >= 0.3 is 6.03 Å². The molecule has 0 radical (unpaired) electrons. The molecule has 0 aliphatic carbocycles. The number of rotatable bonds is 7. The number of amides is 4. The van der Waals surface area contributed by atoms with E-state index in [2.05, 4.69) is 26.0 Å². The summed E-state index contributed by atoms with van der Waals surface area (Å²) < 4.78 is 50.8. The van der Waals surface area contributed by atoms with Gasteiger partial charge in [0, 0.05) is 47.1 Å². The van der Waals surface area contributed by atoms with Crippen LogP contribution in [0.15, 0.2) is 22.7 Å². The number of benzene rings is 1. The molecule has 1 aromatic rings. The Morgan fingerprint density at radius 2 is 1.94 bits per heavy atom. The number of hydrogen-bond donors (Lipinski definition) is 2. The molecule has 2 saturated heterocycles. The monoisotopic (exact) mass is 563 g/mol. The summed E-state index contributed by atoms with van der Waals surface area (Å²) in [5.41, 5.74) is -0.0886. The van der Waals surface area contributed by atoms with Crippen molar-refractivity contribution in [3.8, 4) is 0 Å². The lowest BCUT2D eigenvalue weighted by Crippen LogP contribution is -2.62. The highest BCUT2D eigenvalue weighted by Crippen LogP contribution is 2.32. The van der Waals surface area contributed by atoms with Crippen LogP contribution in [0.5, 0.6) is 0 Å². The van der Waals surface area contributed by atoms with Crippen molar-refractivity contribution in [2.24, 2.45) is 5.92 Å². The van der Waals surface area contributed by atoms with E-state index in [1.807, 2.05) is 0 Å². The van der Waals surface area contributed by atoms with Crippen molar-refractivity contribution in [3.63, 3.8) is 0 Å². The summed E-state index contributed by atoms with van der Waals surface area (Å²) in [6.07, 6.45) is -1.76. The third kappa shape index (κ3) is 6.14. The van der Waals surface area contributed by atoms with Crippen molar-refractivity contribution in [2.75, 3.05) is 13.2 Å². The second-order valence-corrected chi connectivity index (χ2v) is 12.2. The maximum Gasteiger partial charge on any atom is 0.331 e. The van der Waals surface area contributed by atoms with Gasteiger partial charge in [0.15, 0.2) is 0 Å². The first-order valence-electron chi connectivity index (χ1n) is 10.9. The number of imide groups is 2. The molecule has 2 aliphatic heterocycles. The number of carbonyl (C=O) groups excluding carboxylic acids is 3. The van der Waals surface area contributed by atoms with E-state index in [-0.39, 0.29) is 5.56 Å². The number of carbonyl (C=O) groups is 3. The largest absolute Gasteiger partial charge is 0.598 e. The lowest BCUT2D eigenvalue weighted by atomic mass is 9.91. The molecule has 2 aliphatic rings. The predicted molar refractivity (Wildman–Crippen MR) is 125 cm³/mol. The van der Waals surface area contributed by atoms with E-state index < -0.39 is 70.4 Å². The lowest BCUT2D eigenvalue weighted by Gasteiger charge is -2.38. The van der Waals surface area contributed by atoms with Gasteiger partial charge in [0.05, 0.1) is 0 Å². The Labute approximate surface area is 208 Å². The molecule has 0 saturated carbocycles. The summed E-state index contributed by atoms with van der Waals surface area (Å²) in [6, 6.07) is 1.33. The van der Waals surface area contributed by atoms with Gasteiger partial charge in [0.1, 0.15) is 28.7 Å². The van der Waals surface area contributed by atoms with Crippen LogP contribution in [0.4, 0.5) is 13.6 Å². The molecule has 1 unspecified atom stereocenters. The fourth-order valence-corrected chi connectivity index (χ4v) is 5.06. The van der Waals surface area contributed by atoms with Crippen LogP contribution in [0.1, 0.15) is 51.6 Å². The minimum atomic E-state index is -1.97. The molecule has 4 atom stereocenters. The molecule has 0 bridgehead atoms. The minimum absolute atomic E-state index is 0.0886. The average molecular weight is 564 g/mol. The molecule has 34 heavy (non-hydrogen) atoms. The van der Waals surface area contributed by atoms with Gasteiger partial charge in [-0.1, -0.05) is 22.0 Å². The summed E-state index contributed by atoms with van der Waals surface area (Å²) in [6.45, 7) is 5.74. The molecule has 3 rings (SSSR count). The Morgan fingerprint density at radius 1 is 1.29 bits per heavy atom. The van der Waals surface area contributed by atoms with Gasteiger partial charge < -0.3 is 9.29 Å². The zero-order valence-corrected chi connectivity index (χ0v) is 21.5. The number of urea groups is 1. The van der Waals surface area contributed by atoms with Crippen molar-refractivity contribution in [1.29, 1.82) is 0 Å². The van der Waals surface area contributed by atoms with Crippen LogP contribution < -0.4 is 10.0 Å². The first-order valence-corrected chi connectivity index (χ1v) is 12.9. The van der Waals surface area contributed by atoms with E-state index in [0.29, 0.717) is 30.5 Å². The standard InChI is InChI=1S/C22H28BrF2N3O5S/c1-22(2,3)34(32)27-18(14-5-4-12(23)10-16(14)24)17(25)11-15-19(29)26-21(31)28(20(15)30)13-6-8-33-9-7-13/h4-5,10,13,15,17-18,27H,6-9,11H2,1-3H3,(H,26,29,31)/t15-,17-,18+,34?/m1/s1. The number of hydrogen-bond acceptors (Lipinski definition) is 6. The number of barbiturate groups is 1. The maximum atomic E-state index is 15.7. The molecule has 1 aromatic carbocycles. The van der Waals surface area contributed by atoms with E-state index in [1.165, 1.54) is 12.1 Å². The zero-order valence-electron chi connectivity index (χ0n) is 19.1. The molecule has 0 spiro atoms. The second kappa shape index (κ2) is 11.0. The highest BCUT2D eigenvalue weighted by Gasteiger charge is 2.46. The first kappa shape index (κ1) is 27.0. The predicted octanol–water partition coefficient (Wildman–Crippen LogP) is 3.28. The number of ether oxygens (including phenoxy) is 1. The smallest absolute Gasteiger partial charge is 0.331 e. The number of alkyl halides is 1. The highest BCUT2D eigenvalue weighted by atomic mass is 79.9. The van der Waals surface area contributed by atoms with E-state index in [4.69, 9.17) is 4.74 Å². The number of halogens is 3. The molecule has 2 N–H and O–H groups in total. The van der Waals surface area contributed by atoms with Crippen molar-refractivity contribution in [1.82, 2.24) is 14.9 Å². The fourth-order valence-electron chi connectivity index (χ4n) is 3.87. The van der Waals surface area contributed by atoms with Crippen LogP contribution >= 0.6 is 15.9 Å². The van der Waals surface area contributed by atoms with Crippen molar-refractivity contribution < 1.29 is 32.5 Å². The normalized spacial score (nSPS) is 23.0. The van der Waals surface area contributed by atoms with Crippen LogP contribution in [0, 0.1) is 11.7 Å². The average Bonchev–Trinajstić information content (AvgIpc) is 2.75. The SMILES string of the molecule is CC(C)(C)[S+]([O-])N[C@@H](c1ccc(Br)cc1F)[C@H](F)C[C@@H]1C(=O)NC(=O)N(C2CCOCC2)C1=O. The van der Waals surface area contributed by atoms with Gasteiger partial charge in [-0.25, -0.2) is 13.6 Å². The van der Waals surface area contributed by atoms with Gasteiger partial charge in [-0.2, -0.15) is 0 Å². The van der Waals surface area contributed by atoms with Gasteiger partial charge in [-0.3, -0.25) is 19.8 Å². The lowest BCUT2D eigenvalue weighted by molar-refractivity contribution is -0.146. The second-order valence-electron chi connectivity index (χ2n) is 9.29. The molecule has 12 heteroatoms. The van der Waals surface area contributed by atoms with Crippen LogP contribution in [0.3, 0.4) is 0 Å². The zero-order chi connectivity index (χ0) is 25.2. The van der Waals surface area contributed by atoms with E-state index in [1.54, 1.807) is 20.8 Å². The summed E-state index contributed by atoms with van der Waals surface area (Å²) in [5, 5.41) is 2.13. The quantitative estimate of drug-likeness (QED) is 0.389. The van der Waals surface area contributed by atoms with Gasteiger partial charge in [0.25, 0.3) is 0 Å². The molecule has 4 amide bonds. The maximum absolute atomic E-state index is 15.7. The summed E-state index contributed by atoms with van der Waals surface area (Å²) in [7, 11) is 0. The van der Waals surface area contributed by atoms with Crippen molar-refractivity contribution in [2.45, 2.75) is 63.0 Å². The minimum Gasteiger partial charge on any atom is -0.598 e. The highest BCUT2D eigenvalue weighted by molar-refractivity contribution is 9.10. The number of nitrogens with one attached hydrogen (secondary N) is 2. The Morgan fingerprint density at radius 3 is 2.53 bits per heavy atom. The van der Waals surface area contributed by atoms with Gasteiger partial charge in [-0.15, -0.1) is 4.72 Å². The number of nitrogens with zero attached hydrogens (tertiary/aromatic N) is 1. The summed E-state index contributed by atoms with van der Waals surface area (Å²) in [5.74, 6) is -3.93. The van der Waals surface area contributed by atoms with E-state index in [9.17, 15) is 23.3 Å². The summed E-state index contributed by atoms with van der Waals surface area (Å²) >= 11 is 1.38. The van der Waals surface area contributed by atoms with Crippen LogP contribution in [-0.4, -0.2) is 57.5 Å². The molecule has 2 fully saturated rings. The third-order valence-electron chi connectivity index (χ3n) is 5.77. The van der Waals surface area contributed by atoms with Crippen LogP contribution in [-0.2, 0) is 25.7 Å². The Balaban J connectivity index is 1.86. The Kier molecular flexibility index (Phi) is 8.72. The fraction of sp³-hybridized carbons (Fsp3) is 0.591. The molecule has 188 valence electrons. The third-order valence-corrected chi connectivity index (χ3v) is 7.84. The van der Waals surface area contributed by atoms with E-state index >= 15 is 4.39 Å². The topological polar surface area (TPSA) is 111 Å². The molecule has 8 nitrogen and oxygen atoms in total. The van der Waals surface area contributed by atoms with Gasteiger partial charge in [-0.05, 0) is 45.7 Å². The van der Waals surface area contributed by atoms with Crippen LogP contribution in [0.25, 0.3) is 0 Å². The molecule has 2 heterocycles. The summed E-state index contributed by atoms with van der Waals surface area (Å²) in [4.78, 5) is 38.9. The van der Waals surface area contributed by atoms with E-state index in [0.717, 1.165) is 11.0 Å². The van der Waals surface area contributed by atoms with Crippen molar-refractivity contribution in [3.05, 3.63) is 34.1 Å². The Bertz CT molecular complexity index is 942. The van der Waals surface area contributed by atoms with Crippen molar-refractivity contribution >= 4 is 45.1 Å². The van der Waals surface area contributed by atoms with Crippen LogP contribution in [0.2, 0.25) is 0 Å². The molecular weight excluding hydrogens is 536 g/mol. The Hall–Kier alpha value is -1.60. The first-order chi connectivity index (χ1) is 15.9.